The third-order valence-electron chi connectivity index (χ3n) is 18.0. The van der Waals surface area contributed by atoms with Gasteiger partial charge in [0.2, 0.25) is 53.4 Å². The minimum Gasteiger partial charge on any atom is -0.508 e. The maximum absolute atomic E-state index is 16.0. The van der Waals surface area contributed by atoms with Crippen molar-refractivity contribution in [1.29, 1.82) is 0 Å². The van der Waals surface area contributed by atoms with Crippen LogP contribution in [0.5, 0.6) is 46.0 Å². The van der Waals surface area contributed by atoms with Crippen LogP contribution >= 0.6 is 23.2 Å². The molecule has 0 radical (unpaired) electrons. The first-order valence-corrected chi connectivity index (χ1v) is 32.7. The molecule has 5 aromatic rings. The zero-order valence-electron chi connectivity index (χ0n) is 55.3. The number of carboxylic acid groups (broad SMARTS) is 1. The molecule has 11 bridgehead atoms. The van der Waals surface area contributed by atoms with E-state index in [-0.39, 0.29) is 46.2 Å². The highest BCUT2D eigenvalue weighted by Crippen LogP contribution is 2.50. The van der Waals surface area contributed by atoms with E-state index in [1.807, 2.05) is 13.8 Å². The normalized spacial score (nSPS) is 29.3. The number of carboxylic acids is 1. The van der Waals surface area contributed by atoms with Gasteiger partial charge in [-0.25, -0.2) is 4.79 Å². The molecular weight excluding hydrogens is 1390 g/mol. The van der Waals surface area contributed by atoms with Crippen LogP contribution in [0.2, 0.25) is 10.0 Å². The van der Waals surface area contributed by atoms with E-state index in [2.05, 4.69) is 31.9 Å². The van der Waals surface area contributed by atoms with Crippen LogP contribution in [0.4, 0.5) is 0 Å². The van der Waals surface area contributed by atoms with Crippen molar-refractivity contribution in [3.05, 3.63) is 117 Å². The Labute approximate surface area is 590 Å². The van der Waals surface area contributed by atoms with Gasteiger partial charge in [0.1, 0.15) is 89.5 Å². The van der Waals surface area contributed by atoms with E-state index in [4.69, 9.17) is 63.1 Å². The van der Waals surface area contributed by atoms with Crippen molar-refractivity contribution in [3.63, 3.8) is 0 Å². The molecule has 8 unspecified atom stereocenters. The Morgan fingerprint density at radius 2 is 1.31 bits per heavy atom. The summed E-state index contributed by atoms with van der Waals surface area (Å²) in [4.78, 5) is 119. The van der Waals surface area contributed by atoms with Gasteiger partial charge in [-0.15, -0.1) is 0 Å². The number of carbonyl (C=O) groups is 8. The van der Waals surface area contributed by atoms with E-state index in [0.29, 0.717) is 0 Å². The van der Waals surface area contributed by atoms with Crippen LogP contribution in [0.15, 0.2) is 78.9 Å². The Morgan fingerprint density at radius 1 is 0.716 bits per heavy atom. The van der Waals surface area contributed by atoms with Crippen molar-refractivity contribution in [2.75, 3.05) is 20.7 Å². The Hall–Kier alpha value is -9.20. The van der Waals surface area contributed by atoms with Crippen LogP contribution in [-0.2, 0) is 52.6 Å². The highest BCUT2D eigenvalue weighted by molar-refractivity contribution is 6.32. The summed E-state index contributed by atoms with van der Waals surface area (Å²) in [5, 5.41) is 128. The number of nitrogens with one attached hydrogen (secondary N) is 6. The number of amides is 7. The number of primary amides is 1. The lowest BCUT2D eigenvalue weighted by molar-refractivity contribution is -0.333. The predicted octanol–water partition coefficient (Wildman–Crippen LogP) is 0.448. The molecule has 12 rings (SSSR count). The SMILES string of the molecule is CC(C)C[C@H](C(=O)N[C@H]1C(=O)N[C@@H](CC(N)=O)C(=O)N[C@H]2C(=O)N[C@H]3C(=O)N[C@H](C(=O)N[C@H](C(=O)O)c4cc(O)cc(O)c4-c4cc3ccc4O)[C@H](O)c3ccc(c(Cl)c3)Oc3cc2cc(c3OC2OC(CO)C(O)C(O)C2OC2C[C@](C)(N)C(O)C(C)O2)Oc2ccc(cc2Cl)[C@H]1O)N(C)C. The second kappa shape index (κ2) is 30.4. The lowest BCUT2D eigenvalue weighted by Gasteiger charge is -2.47. The van der Waals surface area contributed by atoms with Gasteiger partial charge in [0.05, 0.1) is 41.3 Å². The zero-order valence-corrected chi connectivity index (χ0v) is 56.8. The molecule has 7 aliphatic heterocycles. The molecule has 7 aliphatic rings. The number of aliphatic hydroxyl groups is 6. The van der Waals surface area contributed by atoms with Crippen molar-refractivity contribution in [2.24, 2.45) is 17.4 Å². The number of hydrogen-bond donors (Lipinski definition) is 18. The molecule has 33 nitrogen and oxygen atoms in total. The molecule has 18 atom stereocenters. The van der Waals surface area contributed by atoms with E-state index < -0.39 is 237 Å². The number of rotatable bonds is 13. The monoisotopic (exact) mass is 1460 g/mol. The predicted molar refractivity (Wildman–Crippen MR) is 354 cm³/mol. The van der Waals surface area contributed by atoms with Crippen LogP contribution in [0, 0.1) is 5.92 Å². The fourth-order valence-corrected chi connectivity index (χ4v) is 13.1. The van der Waals surface area contributed by atoms with Gasteiger partial charge in [0.15, 0.2) is 29.9 Å². The van der Waals surface area contributed by atoms with Crippen LogP contribution in [0.25, 0.3) is 11.1 Å². The first-order valence-electron chi connectivity index (χ1n) is 32.0. The maximum Gasteiger partial charge on any atom is 0.330 e. The van der Waals surface area contributed by atoms with Crippen molar-refractivity contribution in [2.45, 2.75) is 156 Å². The summed E-state index contributed by atoms with van der Waals surface area (Å²) in [6, 6.07) is -0.588. The third-order valence-corrected chi connectivity index (χ3v) is 18.6. The Kier molecular flexibility index (Phi) is 22.5. The lowest BCUT2D eigenvalue weighted by Crippen LogP contribution is -2.64. The fourth-order valence-electron chi connectivity index (χ4n) is 12.7. The van der Waals surface area contributed by atoms with Gasteiger partial charge < -0.3 is 123 Å². The number of phenolic OH excluding ortho intramolecular Hbond substituents is 3. The second-order valence-corrected chi connectivity index (χ2v) is 27.2. The van der Waals surface area contributed by atoms with Gasteiger partial charge in [-0.3, -0.25) is 38.5 Å². The second-order valence-electron chi connectivity index (χ2n) is 26.4. The highest BCUT2D eigenvalue weighted by atomic mass is 35.5. The lowest BCUT2D eigenvalue weighted by atomic mass is 9.86. The fraction of sp³-hybridized carbons (Fsp3) is 0.433. The molecule has 0 saturated carbocycles. The molecular formula is C67H77Cl2N9O24. The van der Waals surface area contributed by atoms with Gasteiger partial charge in [0.25, 0.3) is 0 Å². The number of halogens is 2. The summed E-state index contributed by atoms with van der Waals surface area (Å²) in [5.41, 5.74) is 8.04. The van der Waals surface area contributed by atoms with Crippen molar-refractivity contribution in [1.82, 2.24) is 36.8 Å². The van der Waals surface area contributed by atoms with Crippen molar-refractivity contribution >= 4 is 70.5 Å². The Bertz CT molecular complexity index is 4110. The molecule has 35 heteroatoms. The molecule has 0 aliphatic carbocycles. The molecule has 548 valence electrons. The van der Waals surface area contributed by atoms with Crippen molar-refractivity contribution in [3.8, 4) is 57.1 Å². The molecule has 7 amide bonds. The largest absolute Gasteiger partial charge is 0.508 e. The summed E-state index contributed by atoms with van der Waals surface area (Å²) in [6.45, 7) is 5.70. The number of nitrogens with zero attached hydrogens (tertiary/aromatic N) is 1. The molecule has 0 spiro atoms. The number of fused-ring (bicyclic) bond motifs is 15. The molecule has 2 fully saturated rings. The van der Waals surface area contributed by atoms with E-state index in [1.54, 1.807) is 19.0 Å². The van der Waals surface area contributed by atoms with Crippen LogP contribution in [0.3, 0.4) is 0 Å². The first-order chi connectivity index (χ1) is 48.0. The molecule has 7 heterocycles. The summed E-state index contributed by atoms with van der Waals surface area (Å²) >= 11 is 14.1. The Balaban J connectivity index is 1.24. The number of ether oxygens (including phenoxy) is 6. The number of carbonyl (C=O) groups excluding carboxylic acids is 7. The number of phenols is 3. The third kappa shape index (κ3) is 15.9. The number of aliphatic carboxylic acids is 1. The van der Waals surface area contributed by atoms with Crippen LogP contribution < -0.4 is 57.6 Å². The highest BCUT2D eigenvalue weighted by Gasteiger charge is 2.52. The number of nitrogens with two attached hydrogens (primary N) is 2. The first kappa shape index (κ1) is 75.5. The number of likely N-dealkylation sites (N-methyl/N-ethyl adjacent to an activating group) is 1. The van der Waals surface area contributed by atoms with Crippen LogP contribution in [0.1, 0.15) is 105 Å². The van der Waals surface area contributed by atoms with E-state index >= 15 is 14.4 Å². The minimum atomic E-state index is -2.35. The van der Waals surface area contributed by atoms with Crippen molar-refractivity contribution < 1.29 is 118 Å². The topological polar surface area (TPSA) is 522 Å². The van der Waals surface area contributed by atoms with E-state index in [9.17, 15) is 75.0 Å². The van der Waals surface area contributed by atoms with Crippen LogP contribution in [-0.4, -0.2) is 203 Å². The molecule has 0 aromatic heterocycles. The standard InChI is InChI=1S/C67H77Cl2N9O24/c1-24(2)13-36(78(5)6)60(90)76-50-52(84)27-8-11-39(33(68)15-27)98-41-17-29-18-42(56(41)102-66-57(55(87)54(86)43(23-79)100-66)101-45-22-67(4,71)58(88)25(3)97-45)99-40-12-9-28(16-34(40)69)53(85)51-64(94)75-49(65(95)96)32-19-30(80)20-38(82)46(32)31-14-26(7-10-37(31)81)47(61(91)77-51)74-62(92)48(29)73-59(89)35(21-44(70)83)72-63(50)93/h7-12,14-20,24-25,35-36,43,45,47-55,57-58,66,79-82,84-88H,13,21-23,71H2,1-6H3,(H2,70,83)(H,72,93)(H,73,89)(H,74,92)(H,75,94)(H,76,90)(H,77,91)(H,95,96)/t25?,35-,36+,43?,45?,47+,48+,49-,50+,51-,52+,53+,54?,55?,57?,58?,66?,67-/m0/s1. The van der Waals surface area contributed by atoms with Gasteiger partial charge in [-0.2, -0.15) is 0 Å². The number of aliphatic hydroxyl groups excluding tert-OH is 6. The van der Waals surface area contributed by atoms with E-state index in [1.165, 1.54) is 26.0 Å². The zero-order chi connectivity index (χ0) is 74.4. The smallest absolute Gasteiger partial charge is 0.330 e. The van der Waals surface area contributed by atoms with E-state index in [0.717, 1.165) is 66.7 Å². The number of benzene rings is 5. The molecule has 5 aromatic carbocycles. The summed E-state index contributed by atoms with van der Waals surface area (Å²) < 4.78 is 38.3. The average molecular weight is 1460 g/mol. The molecule has 2 saturated heterocycles. The minimum absolute atomic E-state index is 0.0929. The Morgan fingerprint density at radius 3 is 1.89 bits per heavy atom. The molecule has 20 N–H and O–H groups in total. The van der Waals surface area contributed by atoms with Gasteiger partial charge >= 0.3 is 5.97 Å². The number of hydrogen-bond acceptors (Lipinski definition) is 25. The summed E-state index contributed by atoms with van der Waals surface area (Å²) in [6.07, 6.45) is -18.5. The number of aromatic hydroxyl groups is 3. The molecule has 102 heavy (non-hydrogen) atoms. The maximum atomic E-state index is 16.0. The van der Waals surface area contributed by atoms with Gasteiger partial charge in [0, 0.05) is 34.7 Å². The summed E-state index contributed by atoms with van der Waals surface area (Å²) in [5.74, 6) is -15.9. The average Bonchev–Trinajstić information content (AvgIpc) is 0.770. The quantitative estimate of drug-likeness (QED) is 0.0761. The summed E-state index contributed by atoms with van der Waals surface area (Å²) in [7, 11) is 3.19. The van der Waals surface area contributed by atoms with Gasteiger partial charge in [-0.1, -0.05) is 55.2 Å². The van der Waals surface area contributed by atoms with Gasteiger partial charge in [-0.05, 0) is 117 Å².